The summed E-state index contributed by atoms with van der Waals surface area (Å²) < 4.78 is 44.5. The van der Waals surface area contributed by atoms with Gasteiger partial charge in [0.1, 0.15) is 11.5 Å². The van der Waals surface area contributed by atoms with Gasteiger partial charge < -0.3 is 9.32 Å². The first-order valence-corrected chi connectivity index (χ1v) is 9.86. The summed E-state index contributed by atoms with van der Waals surface area (Å²) >= 11 is 0. The molecule has 0 spiro atoms. The highest BCUT2D eigenvalue weighted by molar-refractivity contribution is 5.80. The van der Waals surface area contributed by atoms with Gasteiger partial charge in [-0.15, -0.1) is 0 Å². The second kappa shape index (κ2) is 7.45. The van der Waals surface area contributed by atoms with Crippen LogP contribution in [0, 0.1) is 16.0 Å². The minimum absolute atomic E-state index is 0.0272. The Morgan fingerprint density at radius 3 is 2.53 bits per heavy atom. The maximum absolute atomic E-state index is 12.9. The van der Waals surface area contributed by atoms with Gasteiger partial charge in [0, 0.05) is 23.6 Å². The molecule has 0 unspecified atom stereocenters. The molecule has 1 aromatic carbocycles. The van der Waals surface area contributed by atoms with Crippen LogP contribution in [0.2, 0.25) is 0 Å². The van der Waals surface area contributed by atoms with E-state index < -0.39 is 22.4 Å². The molecule has 2 aliphatic carbocycles. The number of nitro groups is 1. The Morgan fingerprint density at radius 1 is 1.27 bits per heavy atom. The van der Waals surface area contributed by atoms with E-state index in [9.17, 15) is 28.1 Å². The average Bonchev–Trinajstić information content (AvgIpc) is 3.59. The van der Waals surface area contributed by atoms with Crippen molar-refractivity contribution >= 4 is 11.6 Å². The molecule has 0 N–H and O–H groups in total. The number of carbonyl (C=O) groups excluding carboxylic acids is 1. The van der Waals surface area contributed by atoms with Gasteiger partial charge in [-0.05, 0) is 43.4 Å². The smallest absolute Gasteiger partial charge is 0.416 e. The fourth-order valence-electron chi connectivity index (χ4n) is 3.70. The zero-order valence-corrected chi connectivity index (χ0v) is 16.3. The Bertz CT molecular complexity index is 981. The van der Waals surface area contributed by atoms with E-state index in [2.05, 4.69) is 6.92 Å². The number of nitrogens with zero attached hydrogens (tertiary/aromatic N) is 2. The van der Waals surface area contributed by atoms with Crippen LogP contribution in [0.3, 0.4) is 0 Å². The monoisotopic (exact) mass is 422 g/mol. The SMILES string of the molecule is C[C@H]1C[C@H]1c1ccc(CN(C(=O)Cc2ccc(C(F)(F)F)cc2[N+](=O)[O-])C2CC2)o1. The van der Waals surface area contributed by atoms with Crippen molar-refractivity contribution in [2.75, 3.05) is 0 Å². The summed E-state index contributed by atoms with van der Waals surface area (Å²) in [6, 6.07) is 6.05. The Balaban J connectivity index is 1.51. The van der Waals surface area contributed by atoms with Crippen molar-refractivity contribution in [3.63, 3.8) is 0 Å². The molecule has 1 amide bonds. The highest BCUT2D eigenvalue weighted by atomic mass is 19.4. The molecule has 2 atom stereocenters. The van der Waals surface area contributed by atoms with E-state index in [0.29, 0.717) is 23.7 Å². The van der Waals surface area contributed by atoms with Gasteiger partial charge in [-0.1, -0.05) is 13.0 Å². The Kier molecular flexibility index (Phi) is 5.07. The summed E-state index contributed by atoms with van der Waals surface area (Å²) in [6.07, 6.45) is -2.29. The van der Waals surface area contributed by atoms with Gasteiger partial charge in [-0.3, -0.25) is 14.9 Å². The molecule has 2 aromatic rings. The van der Waals surface area contributed by atoms with Crippen LogP contribution < -0.4 is 0 Å². The second-order valence-electron chi connectivity index (χ2n) is 8.15. The van der Waals surface area contributed by atoms with Gasteiger partial charge in [0.05, 0.1) is 23.5 Å². The van der Waals surface area contributed by atoms with Crippen LogP contribution in [-0.2, 0) is 23.9 Å². The van der Waals surface area contributed by atoms with Crippen molar-refractivity contribution in [2.45, 2.75) is 57.3 Å². The fourth-order valence-corrected chi connectivity index (χ4v) is 3.70. The molecule has 0 saturated heterocycles. The van der Waals surface area contributed by atoms with E-state index in [4.69, 9.17) is 4.42 Å². The number of carbonyl (C=O) groups is 1. The number of alkyl halides is 3. The molecule has 0 bridgehead atoms. The van der Waals surface area contributed by atoms with Crippen molar-refractivity contribution in [3.05, 3.63) is 63.1 Å². The van der Waals surface area contributed by atoms with Crippen molar-refractivity contribution < 1.29 is 27.3 Å². The van der Waals surface area contributed by atoms with Crippen LogP contribution in [0.4, 0.5) is 18.9 Å². The Hall–Kier alpha value is -2.84. The summed E-state index contributed by atoms with van der Waals surface area (Å²) in [5, 5.41) is 11.3. The van der Waals surface area contributed by atoms with E-state index in [0.717, 1.165) is 37.2 Å². The molecular formula is C21H21F3N2O4. The molecule has 1 aromatic heterocycles. The second-order valence-corrected chi connectivity index (χ2v) is 8.15. The molecule has 0 radical (unpaired) electrons. The highest BCUT2D eigenvalue weighted by Crippen LogP contribution is 2.47. The largest absolute Gasteiger partial charge is 0.464 e. The molecule has 160 valence electrons. The predicted octanol–water partition coefficient (Wildman–Crippen LogP) is 5.06. The number of hydrogen-bond donors (Lipinski definition) is 0. The average molecular weight is 422 g/mol. The molecule has 2 fully saturated rings. The van der Waals surface area contributed by atoms with Gasteiger partial charge in [0.15, 0.2) is 0 Å². The maximum Gasteiger partial charge on any atom is 0.416 e. The minimum atomic E-state index is -4.69. The van der Waals surface area contributed by atoms with Crippen LogP contribution in [-0.4, -0.2) is 21.8 Å². The fraction of sp³-hybridized carbons (Fsp3) is 0.476. The third-order valence-corrected chi connectivity index (χ3v) is 5.74. The lowest BCUT2D eigenvalue weighted by Gasteiger charge is -2.21. The minimum Gasteiger partial charge on any atom is -0.464 e. The first kappa shape index (κ1) is 20.4. The van der Waals surface area contributed by atoms with Crippen LogP contribution in [0.1, 0.15) is 54.8 Å². The van der Waals surface area contributed by atoms with E-state index in [1.54, 1.807) is 4.90 Å². The van der Waals surface area contributed by atoms with Crippen LogP contribution in [0.15, 0.2) is 34.7 Å². The van der Waals surface area contributed by atoms with E-state index >= 15 is 0 Å². The topological polar surface area (TPSA) is 76.6 Å². The summed E-state index contributed by atoms with van der Waals surface area (Å²) in [4.78, 5) is 24.9. The lowest BCUT2D eigenvalue weighted by Crippen LogP contribution is -2.33. The standard InChI is InChI=1S/C21H21F3N2O4/c1-12-8-17(12)19-7-6-16(30-19)11-25(15-4-5-15)20(27)9-13-2-3-14(21(22,23)24)10-18(13)26(28)29/h2-3,6-7,10,12,15,17H,4-5,8-9,11H2,1H3/t12-,17+/m0/s1. The summed E-state index contributed by atoms with van der Waals surface area (Å²) in [6.45, 7) is 2.39. The van der Waals surface area contributed by atoms with Gasteiger partial charge in [-0.25, -0.2) is 0 Å². The molecule has 1 heterocycles. The predicted molar refractivity (Wildman–Crippen MR) is 101 cm³/mol. The first-order chi connectivity index (χ1) is 14.1. The molecule has 9 heteroatoms. The summed E-state index contributed by atoms with van der Waals surface area (Å²) in [7, 11) is 0. The first-order valence-electron chi connectivity index (χ1n) is 9.86. The van der Waals surface area contributed by atoms with E-state index in [1.165, 1.54) is 0 Å². The number of rotatable bonds is 7. The number of benzene rings is 1. The number of amides is 1. The molecule has 0 aliphatic heterocycles. The highest BCUT2D eigenvalue weighted by Gasteiger charge is 2.38. The van der Waals surface area contributed by atoms with Gasteiger partial charge in [-0.2, -0.15) is 13.2 Å². The van der Waals surface area contributed by atoms with Crippen LogP contribution in [0.5, 0.6) is 0 Å². The number of halogens is 3. The Labute approximate surface area is 170 Å². The zero-order chi connectivity index (χ0) is 21.6. The van der Waals surface area contributed by atoms with Crippen molar-refractivity contribution in [2.24, 2.45) is 5.92 Å². The number of nitro benzene ring substituents is 1. The van der Waals surface area contributed by atoms with Crippen molar-refractivity contribution in [1.29, 1.82) is 0 Å². The lowest BCUT2D eigenvalue weighted by molar-refractivity contribution is -0.385. The third kappa shape index (κ3) is 4.34. The quantitative estimate of drug-likeness (QED) is 0.461. The zero-order valence-electron chi connectivity index (χ0n) is 16.3. The van der Waals surface area contributed by atoms with Gasteiger partial charge in [0.25, 0.3) is 5.69 Å². The van der Waals surface area contributed by atoms with Crippen molar-refractivity contribution in [3.8, 4) is 0 Å². The maximum atomic E-state index is 12.9. The van der Waals surface area contributed by atoms with E-state index in [1.807, 2.05) is 12.1 Å². The molecule has 4 rings (SSSR count). The number of furan rings is 1. The molecule has 6 nitrogen and oxygen atoms in total. The van der Waals surface area contributed by atoms with Gasteiger partial charge in [0.2, 0.25) is 5.91 Å². The Morgan fingerprint density at radius 2 is 1.97 bits per heavy atom. The van der Waals surface area contributed by atoms with E-state index in [-0.39, 0.29) is 30.5 Å². The van der Waals surface area contributed by atoms with Gasteiger partial charge >= 0.3 is 6.18 Å². The molecule has 30 heavy (non-hydrogen) atoms. The molecule has 2 saturated carbocycles. The summed E-state index contributed by atoms with van der Waals surface area (Å²) in [5.41, 5.74) is -1.84. The van der Waals surface area contributed by atoms with Crippen molar-refractivity contribution in [1.82, 2.24) is 4.90 Å². The lowest BCUT2D eigenvalue weighted by atomic mass is 10.0. The molecular weight excluding hydrogens is 401 g/mol. The van der Waals surface area contributed by atoms with Crippen LogP contribution >= 0.6 is 0 Å². The van der Waals surface area contributed by atoms with Crippen LogP contribution in [0.25, 0.3) is 0 Å². The number of hydrogen-bond acceptors (Lipinski definition) is 4. The third-order valence-electron chi connectivity index (χ3n) is 5.74. The normalized spacial score (nSPS) is 20.8. The molecule has 2 aliphatic rings. The summed E-state index contributed by atoms with van der Waals surface area (Å²) in [5.74, 6) is 2.19.